The SMILES string of the molecule is N#CC1(C(=O)Nc2ccc(F)cc2I)CCOCC1. The number of anilines is 1. The number of hydrogen-bond donors (Lipinski definition) is 1. The van der Waals surface area contributed by atoms with Gasteiger partial charge in [-0.1, -0.05) is 0 Å². The molecule has 2 rings (SSSR count). The Hall–Kier alpha value is -1.20. The number of ether oxygens (including phenoxy) is 1. The maximum Gasteiger partial charge on any atom is 0.245 e. The molecule has 1 saturated heterocycles. The lowest BCUT2D eigenvalue weighted by Crippen LogP contribution is -2.40. The second-order valence-electron chi connectivity index (χ2n) is 4.38. The number of halogens is 2. The van der Waals surface area contributed by atoms with E-state index in [2.05, 4.69) is 11.4 Å². The standard InChI is InChI=1S/C13H12FIN2O2/c14-9-1-2-11(10(15)7-9)17-12(18)13(8-16)3-5-19-6-4-13/h1-2,7H,3-6H2,(H,17,18). The van der Waals surface area contributed by atoms with E-state index >= 15 is 0 Å². The number of benzene rings is 1. The lowest BCUT2D eigenvalue weighted by molar-refractivity contribution is -0.126. The predicted molar refractivity (Wildman–Crippen MR) is 75.8 cm³/mol. The van der Waals surface area contributed by atoms with Crippen LogP contribution in [0.15, 0.2) is 18.2 Å². The topological polar surface area (TPSA) is 62.1 Å². The Balaban J connectivity index is 2.18. The fourth-order valence-electron chi connectivity index (χ4n) is 1.94. The van der Waals surface area contributed by atoms with E-state index in [1.807, 2.05) is 22.6 Å². The largest absolute Gasteiger partial charge is 0.381 e. The van der Waals surface area contributed by atoms with Crippen molar-refractivity contribution in [3.8, 4) is 6.07 Å². The van der Waals surface area contributed by atoms with E-state index in [1.54, 1.807) is 0 Å². The summed E-state index contributed by atoms with van der Waals surface area (Å²) in [5, 5.41) is 12.0. The number of carbonyl (C=O) groups is 1. The van der Waals surface area contributed by atoms with Crippen LogP contribution in [0.2, 0.25) is 0 Å². The molecule has 0 unspecified atom stereocenters. The van der Waals surface area contributed by atoms with Crippen LogP contribution in [-0.4, -0.2) is 19.1 Å². The van der Waals surface area contributed by atoms with Gasteiger partial charge in [-0.25, -0.2) is 4.39 Å². The first-order chi connectivity index (χ1) is 9.07. The summed E-state index contributed by atoms with van der Waals surface area (Å²) in [5.74, 6) is -0.703. The Labute approximate surface area is 124 Å². The molecule has 0 saturated carbocycles. The number of hydrogen-bond acceptors (Lipinski definition) is 3. The molecule has 0 aliphatic carbocycles. The Morgan fingerprint density at radius 3 is 2.74 bits per heavy atom. The van der Waals surface area contributed by atoms with Crippen molar-refractivity contribution in [1.82, 2.24) is 0 Å². The van der Waals surface area contributed by atoms with Crippen LogP contribution in [0, 0.1) is 26.1 Å². The molecule has 19 heavy (non-hydrogen) atoms. The van der Waals surface area contributed by atoms with Gasteiger partial charge in [0.15, 0.2) is 0 Å². The van der Waals surface area contributed by atoms with Crippen molar-refractivity contribution in [3.05, 3.63) is 27.6 Å². The molecule has 1 fully saturated rings. The monoisotopic (exact) mass is 374 g/mol. The zero-order valence-corrected chi connectivity index (χ0v) is 12.2. The highest BCUT2D eigenvalue weighted by Crippen LogP contribution is 2.32. The average Bonchev–Trinajstić information content (AvgIpc) is 2.42. The van der Waals surface area contributed by atoms with Gasteiger partial charge in [0.25, 0.3) is 0 Å². The Morgan fingerprint density at radius 1 is 1.47 bits per heavy atom. The molecule has 1 heterocycles. The van der Waals surface area contributed by atoms with Crippen LogP contribution in [0.5, 0.6) is 0 Å². The Morgan fingerprint density at radius 2 is 2.16 bits per heavy atom. The van der Waals surface area contributed by atoms with Crippen molar-refractivity contribution in [1.29, 1.82) is 5.26 Å². The van der Waals surface area contributed by atoms with E-state index in [-0.39, 0.29) is 11.7 Å². The number of amides is 1. The highest BCUT2D eigenvalue weighted by atomic mass is 127. The van der Waals surface area contributed by atoms with Gasteiger partial charge in [0.1, 0.15) is 11.2 Å². The highest BCUT2D eigenvalue weighted by Gasteiger charge is 2.40. The van der Waals surface area contributed by atoms with E-state index in [0.29, 0.717) is 35.3 Å². The van der Waals surface area contributed by atoms with Gasteiger partial charge in [-0.2, -0.15) is 5.26 Å². The molecule has 1 amide bonds. The predicted octanol–water partition coefficient (Wildman–Crippen LogP) is 2.69. The molecule has 0 atom stereocenters. The molecule has 100 valence electrons. The van der Waals surface area contributed by atoms with Gasteiger partial charge in [-0.15, -0.1) is 0 Å². The van der Waals surface area contributed by atoms with E-state index in [1.165, 1.54) is 18.2 Å². The minimum Gasteiger partial charge on any atom is -0.381 e. The first-order valence-electron chi connectivity index (χ1n) is 5.83. The van der Waals surface area contributed by atoms with Gasteiger partial charge < -0.3 is 10.1 Å². The third-order valence-electron chi connectivity index (χ3n) is 3.17. The molecule has 0 aromatic heterocycles. The maximum atomic E-state index is 13.0. The summed E-state index contributed by atoms with van der Waals surface area (Å²) in [7, 11) is 0. The third kappa shape index (κ3) is 3.04. The van der Waals surface area contributed by atoms with Gasteiger partial charge >= 0.3 is 0 Å². The van der Waals surface area contributed by atoms with Crippen molar-refractivity contribution in [3.63, 3.8) is 0 Å². The fraction of sp³-hybridized carbons (Fsp3) is 0.385. The van der Waals surface area contributed by atoms with E-state index in [0.717, 1.165) is 0 Å². The van der Waals surface area contributed by atoms with Crippen molar-refractivity contribution >= 4 is 34.2 Å². The number of rotatable bonds is 2. The van der Waals surface area contributed by atoms with E-state index in [9.17, 15) is 14.4 Å². The fourth-order valence-corrected chi connectivity index (χ4v) is 2.55. The summed E-state index contributed by atoms with van der Waals surface area (Å²) in [6.45, 7) is 0.809. The summed E-state index contributed by atoms with van der Waals surface area (Å²) in [5.41, 5.74) is -0.525. The lowest BCUT2D eigenvalue weighted by atomic mass is 9.81. The summed E-state index contributed by atoms with van der Waals surface area (Å²) in [6.07, 6.45) is 0.764. The lowest BCUT2D eigenvalue weighted by Gasteiger charge is -2.29. The second kappa shape index (κ2) is 5.84. The average molecular weight is 374 g/mol. The van der Waals surface area contributed by atoms with Gasteiger partial charge in [-0.3, -0.25) is 4.79 Å². The second-order valence-corrected chi connectivity index (χ2v) is 5.55. The zero-order valence-electron chi connectivity index (χ0n) is 10.1. The molecular weight excluding hydrogens is 362 g/mol. The van der Waals surface area contributed by atoms with Crippen molar-refractivity contribution < 1.29 is 13.9 Å². The number of nitriles is 1. The van der Waals surface area contributed by atoms with Crippen LogP contribution in [0.3, 0.4) is 0 Å². The van der Waals surface area contributed by atoms with Gasteiger partial charge in [0, 0.05) is 16.8 Å². The van der Waals surface area contributed by atoms with Crippen LogP contribution in [0.25, 0.3) is 0 Å². The number of carbonyl (C=O) groups excluding carboxylic acids is 1. The van der Waals surface area contributed by atoms with Crippen LogP contribution in [0.1, 0.15) is 12.8 Å². The summed E-state index contributed by atoms with van der Waals surface area (Å²) >= 11 is 1.94. The van der Waals surface area contributed by atoms with E-state index in [4.69, 9.17) is 4.74 Å². The van der Waals surface area contributed by atoms with Crippen LogP contribution in [0.4, 0.5) is 10.1 Å². The molecule has 0 spiro atoms. The van der Waals surface area contributed by atoms with Gasteiger partial charge in [0.2, 0.25) is 5.91 Å². The van der Waals surface area contributed by atoms with Crippen molar-refractivity contribution in [2.24, 2.45) is 5.41 Å². The van der Waals surface area contributed by atoms with Crippen molar-refractivity contribution in [2.45, 2.75) is 12.8 Å². The summed E-state index contributed by atoms with van der Waals surface area (Å²) < 4.78 is 18.8. The molecule has 6 heteroatoms. The summed E-state index contributed by atoms with van der Waals surface area (Å²) in [4.78, 5) is 12.3. The minimum atomic E-state index is -1.05. The molecular formula is C13H12FIN2O2. The first kappa shape index (κ1) is 14.2. The van der Waals surface area contributed by atoms with Gasteiger partial charge in [-0.05, 0) is 53.6 Å². The molecule has 1 aliphatic heterocycles. The first-order valence-corrected chi connectivity index (χ1v) is 6.91. The third-order valence-corrected chi connectivity index (χ3v) is 4.07. The maximum absolute atomic E-state index is 13.0. The Kier molecular flexibility index (Phi) is 4.37. The normalized spacial score (nSPS) is 17.5. The highest BCUT2D eigenvalue weighted by molar-refractivity contribution is 14.1. The van der Waals surface area contributed by atoms with Crippen LogP contribution in [-0.2, 0) is 9.53 Å². The quantitative estimate of drug-likeness (QED) is 0.810. The molecule has 1 aromatic carbocycles. The van der Waals surface area contributed by atoms with Crippen LogP contribution >= 0.6 is 22.6 Å². The number of nitrogens with zero attached hydrogens (tertiary/aromatic N) is 1. The van der Waals surface area contributed by atoms with Crippen LogP contribution < -0.4 is 5.32 Å². The Bertz CT molecular complexity index is 536. The molecule has 1 aromatic rings. The smallest absolute Gasteiger partial charge is 0.245 e. The molecule has 4 nitrogen and oxygen atoms in total. The number of nitrogens with one attached hydrogen (secondary N) is 1. The molecule has 1 aliphatic rings. The molecule has 0 bridgehead atoms. The van der Waals surface area contributed by atoms with E-state index < -0.39 is 5.41 Å². The molecule has 0 radical (unpaired) electrons. The van der Waals surface area contributed by atoms with Gasteiger partial charge in [0.05, 0.1) is 11.8 Å². The molecule has 1 N–H and O–H groups in total. The summed E-state index contributed by atoms with van der Waals surface area (Å²) in [6, 6.07) is 6.21. The van der Waals surface area contributed by atoms with Crippen molar-refractivity contribution in [2.75, 3.05) is 18.5 Å². The zero-order chi connectivity index (χ0) is 13.9. The minimum absolute atomic E-state index is 0.345.